The predicted molar refractivity (Wildman–Crippen MR) is 153 cm³/mol. The monoisotopic (exact) mass is 598 g/mol. The molecule has 0 bridgehead atoms. The van der Waals surface area contributed by atoms with Gasteiger partial charge in [0.25, 0.3) is 5.56 Å². The molecule has 1 aliphatic heterocycles. The van der Waals surface area contributed by atoms with Gasteiger partial charge >= 0.3 is 5.97 Å². The molecule has 2 aromatic carbocycles. The van der Waals surface area contributed by atoms with Gasteiger partial charge in [0.2, 0.25) is 0 Å². The molecule has 0 spiro atoms. The Morgan fingerprint density at radius 3 is 2.65 bits per heavy atom. The van der Waals surface area contributed by atoms with E-state index in [1.165, 1.54) is 11.3 Å². The van der Waals surface area contributed by atoms with E-state index in [2.05, 4.69) is 27.5 Å². The van der Waals surface area contributed by atoms with E-state index in [1.807, 2.05) is 48.7 Å². The van der Waals surface area contributed by atoms with E-state index in [1.54, 1.807) is 49.3 Å². The van der Waals surface area contributed by atoms with Gasteiger partial charge in [-0.05, 0) is 69.0 Å². The third-order valence-corrected chi connectivity index (χ3v) is 7.85. The molecular formula is C28H27BrN2O4S2. The van der Waals surface area contributed by atoms with E-state index in [0.717, 1.165) is 20.5 Å². The van der Waals surface area contributed by atoms with Crippen molar-refractivity contribution in [1.82, 2.24) is 4.57 Å². The Morgan fingerprint density at radius 1 is 1.27 bits per heavy atom. The van der Waals surface area contributed by atoms with Crippen LogP contribution in [-0.2, 0) is 9.53 Å². The molecular weight excluding hydrogens is 572 g/mol. The number of esters is 1. The molecule has 9 heteroatoms. The van der Waals surface area contributed by atoms with Crippen molar-refractivity contribution in [3.8, 4) is 5.75 Å². The second-order valence-electron chi connectivity index (χ2n) is 8.59. The van der Waals surface area contributed by atoms with Gasteiger partial charge < -0.3 is 9.47 Å². The van der Waals surface area contributed by atoms with Crippen molar-refractivity contribution in [2.24, 2.45) is 4.99 Å². The smallest absolute Gasteiger partial charge is 0.338 e. The Morgan fingerprint density at radius 2 is 2.00 bits per heavy atom. The Hall–Kier alpha value is -2.88. The lowest BCUT2D eigenvalue weighted by Crippen LogP contribution is -2.40. The highest BCUT2D eigenvalue weighted by Crippen LogP contribution is 2.32. The van der Waals surface area contributed by atoms with Crippen LogP contribution in [0.25, 0.3) is 6.08 Å². The molecule has 0 amide bonds. The number of benzene rings is 2. The number of aromatic nitrogens is 1. The van der Waals surface area contributed by atoms with E-state index in [9.17, 15) is 9.59 Å². The fourth-order valence-electron chi connectivity index (χ4n) is 4.02. The lowest BCUT2D eigenvalue weighted by atomic mass is 9.96. The molecule has 4 rings (SSSR count). The van der Waals surface area contributed by atoms with Crippen LogP contribution in [0.1, 0.15) is 37.9 Å². The zero-order valence-corrected chi connectivity index (χ0v) is 24.2. The lowest BCUT2D eigenvalue weighted by Gasteiger charge is -2.25. The summed E-state index contributed by atoms with van der Waals surface area (Å²) in [4.78, 5) is 33.4. The van der Waals surface area contributed by atoms with E-state index in [4.69, 9.17) is 9.47 Å². The summed E-state index contributed by atoms with van der Waals surface area (Å²) in [6.45, 7) is 9.44. The minimum absolute atomic E-state index is 0.236. The normalized spacial score (nSPS) is 15.4. The average molecular weight is 600 g/mol. The van der Waals surface area contributed by atoms with Gasteiger partial charge in [0.05, 0.1) is 27.9 Å². The highest BCUT2D eigenvalue weighted by Gasteiger charge is 2.33. The van der Waals surface area contributed by atoms with Crippen molar-refractivity contribution in [1.29, 1.82) is 0 Å². The molecule has 0 fully saturated rings. The molecule has 0 N–H and O–H groups in total. The van der Waals surface area contributed by atoms with Crippen molar-refractivity contribution in [3.63, 3.8) is 0 Å². The summed E-state index contributed by atoms with van der Waals surface area (Å²) in [6, 6.07) is 12.8. The first-order chi connectivity index (χ1) is 17.7. The van der Waals surface area contributed by atoms with Crippen LogP contribution in [0.4, 0.5) is 0 Å². The van der Waals surface area contributed by atoms with Crippen LogP contribution >= 0.6 is 39.0 Å². The number of thiazole rings is 1. The standard InChI is InChI=1S/C28H27BrN2O4S2/c1-6-13-34-22-12-9-20(29)14-19(22)15-23-26(32)31-25(18-7-10-21(36-5)11-8-18)24(27(33)35-16(2)3)17(4)30-28(31)37-23/h6-12,14-16,25H,1,13H2,2-5H3/b23-15-/t25-/m1/s1. The minimum atomic E-state index is -0.653. The Balaban J connectivity index is 1.93. The topological polar surface area (TPSA) is 69.9 Å². The van der Waals surface area contributed by atoms with Crippen LogP contribution in [0, 0.1) is 0 Å². The fraction of sp³-hybridized carbons (Fsp3) is 0.250. The van der Waals surface area contributed by atoms with Gasteiger partial charge in [0.15, 0.2) is 4.80 Å². The molecule has 6 nitrogen and oxygen atoms in total. The van der Waals surface area contributed by atoms with Crippen molar-refractivity contribution < 1.29 is 14.3 Å². The van der Waals surface area contributed by atoms with Gasteiger partial charge in [-0.2, -0.15) is 0 Å². The Bertz CT molecular complexity index is 1550. The molecule has 3 aromatic rings. The van der Waals surface area contributed by atoms with Crippen molar-refractivity contribution >= 4 is 51.1 Å². The quantitative estimate of drug-likeness (QED) is 0.201. The number of hydrogen-bond donors (Lipinski definition) is 0. The number of halogens is 1. The number of nitrogens with zero attached hydrogens (tertiary/aromatic N) is 2. The largest absolute Gasteiger partial charge is 0.489 e. The van der Waals surface area contributed by atoms with Crippen LogP contribution in [0.5, 0.6) is 5.75 Å². The lowest BCUT2D eigenvalue weighted by molar-refractivity contribution is -0.143. The molecule has 1 atom stereocenters. The molecule has 0 saturated carbocycles. The molecule has 192 valence electrons. The van der Waals surface area contributed by atoms with Gasteiger partial charge in [-0.1, -0.05) is 52.1 Å². The Kier molecular flexibility index (Phi) is 8.56. The molecule has 0 saturated heterocycles. The SMILES string of the molecule is C=CCOc1ccc(Br)cc1/C=c1\sc2n(c1=O)[C@H](c1ccc(SC)cc1)C(C(=O)OC(C)C)=C(C)N=2. The highest BCUT2D eigenvalue weighted by atomic mass is 79.9. The summed E-state index contributed by atoms with van der Waals surface area (Å²) in [7, 11) is 0. The molecule has 1 aromatic heterocycles. The molecule has 0 radical (unpaired) electrons. The summed E-state index contributed by atoms with van der Waals surface area (Å²) >= 11 is 6.41. The van der Waals surface area contributed by atoms with Crippen LogP contribution in [0.3, 0.4) is 0 Å². The van der Waals surface area contributed by atoms with E-state index in [0.29, 0.717) is 33.0 Å². The summed E-state index contributed by atoms with van der Waals surface area (Å²) in [5.41, 5.74) is 2.22. The zero-order valence-electron chi connectivity index (χ0n) is 21.0. The zero-order chi connectivity index (χ0) is 26.7. The van der Waals surface area contributed by atoms with Crippen LogP contribution < -0.4 is 19.6 Å². The Labute approximate surface area is 232 Å². The van der Waals surface area contributed by atoms with Gasteiger partial charge in [0.1, 0.15) is 12.4 Å². The molecule has 1 aliphatic rings. The first-order valence-corrected chi connectivity index (χ1v) is 14.5. The molecule has 2 heterocycles. The number of allylic oxidation sites excluding steroid dienone is 1. The summed E-state index contributed by atoms with van der Waals surface area (Å²) in [5.74, 6) is 0.159. The highest BCUT2D eigenvalue weighted by molar-refractivity contribution is 9.10. The minimum Gasteiger partial charge on any atom is -0.489 e. The van der Waals surface area contributed by atoms with Gasteiger partial charge in [-0.3, -0.25) is 9.36 Å². The summed E-state index contributed by atoms with van der Waals surface area (Å²) < 4.78 is 14.3. The summed E-state index contributed by atoms with van der Waals surface area (Å²) in [5, 5.41) is 0. The van der Waals surface area contributed by atoms with Crippen molar-refractivity contribution in [2.45, 2.75) is 37.8 Å². The predicted octanol–water partition coefficient (Wildman–Crippen LogP) is 5.24. The van der Waals surface area contributed by atoms with Crippen LogP contribution in [0.2, 0.25) is 0 Å². The van der Waals surface area contributed by atoms with E-state index in [-0.39, 0.29) is 11.7 Å². The van der Waals surface area contributed by atoms with Crippen molar-refractivity contribution in [2.75, 3.05) is 12.9 Å². The third kappa shape index (κ3) is 5.84. The maximum absolute atomic E-state index is 13.9. The fourth-order valence-corrected chi connectivity index (χ4v) is 5.84. The number of rotatable bonds is 8. The van der Waals surface area contributed by atoms with Crippen molar-refractivity contribution in [3.05, 3.63) is 102 Å². The number of ether oxygens (including phenoxy) is 2. The maximum atomic E-state index is 13.9. The van der Waals surface area contributed by atoms with Crippen LogP contribution in [-0.4, -0.2) is 29.5 Å². The van der Waals surface area contributed by atoms with Gasteiger partial charge in [-0.15, -0.1) is 11.8 Å². The van der Waals surface area contributed by atoms with E-state index < -0.39 is 12.0 Å². The average Bonchev–Trinajstić information content (AvgIpc) is 3.16. The van der Waals surface area contributed by atoms with Gasteiger partial charge in [-0.25, -0.2) is 9.79 Å². The first kappa shape index (κ1) is 27.2. The number of carbonyl (C=O) groups is 1. The van der Waals surface area contributed by atoms with E-state index >= 15 is 0 Å². The second-order valence-corrected chi connectivity index (χ2v) is 11.4. The number of thioether (sulfide) groups is 1. The first-order valence-electron chi connectivity index (χ1n) is 11.6. The molecule has 37 heavy (non-hydrogen) atoms. The van der Waals surface area contributed by atoms with Gasteiger partial charge in [0, 0.05) is 14.9 Å². The third-order valence-electron chi connectivity index (χ3n) is 5.63. The second kappa shape index (κ2) is 11.7. The number of hydrogen-bond acceptors (Lipinski definition) is 7. The summed E-state index contributed by atoms with van der Waals surface area (Å²) in [6.07, 6.45) is 5.17. The number of fused-ring (bicyclic) bond motifs is 1. The molecule has 0 aliphatic carbocycles. The number of carbonyl (C=O) groups excluding carboxylic acids is 1. The maximum Gasteiger partial charge on any atom is 0.338 e. The van der Waals surface area contributed by atoms with Crippen LogP contribution in [0.15, 0.2) is 85.5 Å². The molecule has 0 unspecified atom stereocenters.